The lowest BCUT2D eigenvalue weighted by molar-refractivity contribution is 0.535. The van der Waals surface area contributed by atoms with E-state index in [0.29, 0.717) is 18.3 Å². The molecule has 0 aliphatic carbocycles. The zero-order valence-electron chi connectivity index (χ0n) is 8.92. The van der Waals surface area contributed by atoms with E-state index in [1.807, 2.05) is 0 Å². The van der Waals surface area contributed by atoms with Crippen molar-refractivity contribution in [1.29, 1.82) is 0 Å². The Bertz CT molecular complexity index is 229. The minimum atomic E-state index is -2.82. The Kier molecular flexibility index (Phi) is 7.59. The molecule has 0 aromatic heterocycles. The van der Waals surface area contributed by atoms with Gasteiger partial charge in [-0.15, -0.1) is 11.6 Å². The Balaban J connectivity index is 3.23. The molecule has 0 saturated carbocycles. The first-order valence-corrected chi connectivity index (χ1v) is 7.49. The molecular weight excluding hydrogens is 222 g/mol. The molecule has 0 bridgehead atoms. The van der Waals surface area contributed by atoms with Crippen LogP contribution in [0, 0.1) is 5.92 Å². The zero-order valence-corrected chi connectivity index (χ0v) is 10.5. The highest BCUT2D eigenvalue weighted by Crippen LogP contribution is 2.05. The van der Waals surface area contributed by atoms with Gasteiger partial charge in [0.15, 0.2) is 0 Å². The summed E-state index contributed by atoms with van der Waals surface area (Å²) < 4.78 is 21.5. The minimum Gasteiger partial charge on any atom is -0.316 e. The fraction of sp³-hybridized carbons (Fsp3) is 1.00. The van der Waals surface area contributed by atoms with Gasteiger partial charge in [-0.05, 0) is 25.3 Å². The van der Waals surface area contributed by atoms with Gasteiger partial charge in [-0.1, -0.05) is 6.92 Å². The molecule has 1 unspecified atom stereocenters. The molecule has 0 fully saturated rings. The van der Waals surface area contributed by atoms with Gasteiger partial charge < -0.3 is 5.32 Å². The lowest BCUT2D eigenvalue weighted by Crippen LogP contribution is -2.23. The first-order chi connectivity index (χ1) is 6.45. The molecular formula is C9H20ClNO2S. The monoisotopic (exact) mass is 241 g/mol. The molecule has 1 atom stereocenters. The summed E-state index contributed by atoms with van der Waals surface area (Å²) in [6, 6.07) is 0. The van der Waals surface area contributed by atoms with Gasteiger partial charge in [0.05, 0.1) is 5.75 Å². The summed E-state index contributed by atoms with van der Waals surface area (Å²) in [4.78, 5) is 0. The summed E-state index contributed by atoms with van der Waals surface area (Å²) in [6.45, 7) is 3.54. The van der Waals surface area contributed by atoms with Crippen LogP contribution in [0.1, 0.15) is 19.8 Å². The predicted octanol–water partition coefficient (Wildman–Crippen LogP) is 1.28. The molecule has 14 heavy (non-hydrogen) atoms. The van der Waals surface area contributed by atoms with Gasteiger partial charge in [0.25, 0.3) is 0 Å². The summed E-state index contributed by atoms with van der Waals surface area (Å²) in [5, 5.41) is 3.10. The van der Waals surface area contributed by atoms with Crippen molar-refractivity contribution in [3.05, 3.63) is 0 Å². The Hall–Kier alpha value is 0.200. The average Bonchev–Trinajstić information content (AvgIpc) is 2.08. The van der Waals surface area contributed by atoms with Gasteiger partial charge in [0.2, 0.25) is 0 Å². The molecule has 0 spiro atoms. The summed E-state index contributed by atoms with van der Waals surface area (Å²) in [5.74, 6) is 1.47. The average molecular weight is 242 g/mol. The third kappa shape index (κ3) is 10.3. The van der Waals surface area contributed by atoms with E-state index < -0.39 is 9.84 Å². The largest absolute Gasteiger partial charge is 0.316 e. The SMILES string of the molecule is CC(CCl)CCCNCCS(C)(=O)=O. The molecule has 86 valence electrons. The second kappa shape index (κ2) is 7.49. The molecule has 0 aliphatic rings. The number of hydrogen-bond acceptors (Lipinski definition) is 3. The fourth-order valence-corrected chi connectivity index (χ4v) is 1.70. The van der Waals surface area contributed by atoms with Gasteiger partial charge in [-0.25, -0.2) is 8.42 Å². The van der Waals surface area contributed by atoms with Crippen LogP contribution >= 0.6 is 11.6 Å². The van der Waals surface area contributed by atoms with Crippen LogP contribution in [0.3, 0.4) is 0 Å². The molecule has 3 nitrogen and oxygen atoms in total. The van der Waals surface area contributed by atoms with Crippen molar-refractivity contribution in [3.63, 3.8) is 0 Å². The molecule has 0 saturated heterocycles. The maximum Gasteiger partial charge on any atom is 0.148 e. The van der Waals surface area contributed by atoms with E-state index in [2.05, 4.69) is 12.2 Å². The van der Waals surface area contributed by atoms with Crippen LogP contribution in [0.4, 0.5) is 0 Å². The molecule has 0 rings (SSSR count). The Labute approximate surface area is 92.1 Å². The number of nitrogens with one attached hydrogen (secondary N) is 1. The smallest absolute Gasteiger partial charge is 0.148 e. The maximum absolute atomic E-state index is 10.8. The van der Waals surface area contributed by atoms with E-state index in [-0.39, 0.29) is 5.75 Å². The van der Waals surface area contributed by atoms with Gasteiger partial charge in [0, 0.05) is 18.7 Å². The summed E-state index contributed by atoms with van der Waals surface area (Å²) >= 11 is 5.65. The van der Waals surface area contributed by atoms with Crippen LogP contribution < -0.4 is 5.32 Å². The van der Waals surface area contributed by atoms with Crippen LogP contribution in [0.15, 0.2) is 0 Å². The van der Waals surface area contributed by atoms with Gasteiger partial charge in [0.1, 0.15) is 9.84 Å². The second-order valence-corrected chi connectivity index (χ2v) is 6.35. The highest BCUT2D eigenvalue weighted by atomic mass is 35.5. The third-order valence-electron chi connectivity index (χ3n) is 1.96. The van der Waals surface area contributed by atoms with Crippen molar-refractivity contribution < 1.29 is 8.42 Å². The molecule has 0 amide bonds. The molecule has 0 radical (unpaired) electrons. The topological polar surface area (TPSA) is 46.2 Å². The van der Waals surface area contributed by atoms with E-state index in [1.165, 1.54) is 6.26 Å². The normalized spacial score (nSPS) is 14.2. The van der Waals surface area contributed by atoms with E-state index in [0.717, 1.165) is 19.4 Å². The van der Waals surface area contributed by atoms with Crippen LogP contribution in [0.2, 0.25) is 0 Å². The Morgan fingerprint density at radius 3 is 2.50 bits per heavy atom. The lowest BCUT2D eigenvalue weighted by Gasteiger charge is -2.07. The van der Waals surface area contributed by atoms with Gasteiger partial charge >= 0.3 is 0 Å². The molecule has 0 heterocycles. The summed E-state index contributed by atoms with van der Waals surface area (Å²) in [7, 11) is -2.82. The number of sulfone groups is 1. The Morgan fingerprint density at radius 1 is 1.36 bits per heavy atom. The van der Waals surface area contributed by atoms with Crippen molar-refractivity contribution >= 4 is 21.4 Å². The third-order valence-corrected chi connectivity index (χ3v) is 3.44. The van der Waals surface area contributed by atoms with E-state index in [9.17, 15) is 8.42 Å². The van der Waals surface area contributed by atoms with Crippen LogP contribution in [0.5, 0.6) is 0 Å². The molecule has 0 aromatic rings. The summed E-state index contributed by atoms with van der Waals surface area (Å²) in [5.41, 5.74) is 0. The quantitative estimate of drug-likeness (QED) is 0.514. The highest BCUT2D eigenvalue weighted by Gasteiger charge is 2.01. The summed E-state index contributed by atoms with van der Waals surface area (Å²) in [6.07, 6.45) is 3.40. The molecule has 5 heteroatoms. The molecule has 0 aliphatic heterocycles. The van der Waals surface area contributed by atoms with Crippen molar-refractivity contribution in [1.82, 2.24) is 5.32 Å². The minimum absolute atomic E-state index is 0.220. The number of rotatable bonds is 8. The van der Waals surface area contributed by atoms with E-state index in [1.54, 1.807) is 0 Å². The van der Waals surface area contributed by atoms with Crippen molar-refractivity contribution in [2.75, 3.05) is 31.0 Å². The van der Waals surface area contributed by atoms with Crippen LogP contribution in [-0.2, 0) is 9.84 Å². The predicted molar refractivity (Wildman–Crippen MR) is 61.7 cm³/mol. The number of halogens is 1. The van der Waals surface area contributed by atoms with Crippen molar-refractivity contribution in [2.45, 2.75) is 19.8 Å². The molecule has 0 aromatic carbocycles. The standard InChI is InChI=1S/C9H20ClNO2S/c1-9(8-10)4-3-5-11-6-7-14(2,12)13/h9,11H,3-8H2,1-2H3. The maximum atomic E-state index is 10.8. The van der Waals surface area contributed by atoms with Gasteiger partial charge in [-0.3, -0.25) is 0 Å². The lowest BCUT2D eigenvalue weighted by atomic mass is 10.1. The first kappa shape index (κ1) is 14.2. The fourth-order valence-electron chi connectivity index (χ4n) is 1.04. The number of alkyl halides is 1. The highest BCUT2D eigenvalue weighted by molar-refractivity contribution is 7.90. The first-order valence-electron chi connectivity index (χ1n) is 4.90. The van der Waals surface area contributed by atoms with Crippen LogP contribution in [0.25, 0.3) is 0 Å². The Morgan fingerprint density at radius 2 is 2.00 bits per heavy atom. The number of hydrogen-bond donors (Lipinski definition) is 1. The van der Waals surface area contributed by atoms with E-state index >= 15 is 0 Å². The van der Waals surface area contributed by atoms with Gasteiger partial charge in [-0.2, -0.15) is 0 Å². The zero-order chi connectivity index (χ0) is 11.0. The van der Waals surface area contributed by atoms with Crippen molar-refractivity contribution in [2.24, 2.45) is 5.92 Å². The van der Waals surface area contributed by atoms with Crippen LogP contribution in [-0.4, -0.2) is 39.4 Å². The molecule has 1 N–H and O–H groups in total. The second-order valence-electron chi connectivity index (χ2n) is 3.78. The van der Waals surface area contributed by atoms with Crippen molar-refractivity contribution in [3.8, 4) is 0 Å². The van der Waals surface area contributed by atoms with E-state index in [4.69, 9.17) is 11.6 Å².